The van der Waals surface area contributed by atoms with Gasteiger partial charge in [0.15, 0.2) is 5.75 Å². The average Bonchev–Trinajstić information content (AvgIpc) is 2.60. The monoisotopic (exact) mass is 440 g/mol. The van der Waals surface area contributed by atoms with E-state index in [4.69, 9.17) is 0 Å². The van der Waals surface area contributed by atoms with Gasteiger partial charge >= 0.3 is 18.7 Å². The topological polar surface area (TPSA) is 34.1 Å². The molecule has 1 heterocycles. The summed E-state index contributed by atoms with van der Waals surface area (Å²) in [6.45, 7) is 0. The van der Waals surface area contributed by atoms with Crippen molar-refractivity contribution in [3.8, 4) is 5.75 Å². The first-order valence-corrected chi connectivity index (χ1v) is 7.95. The average molecular weight is 440 g/mol. The van der Waals surface area contributed by atoms with Gasteiger partial charge in [-0.3, -0.25) is 0 Å². The number of pyridine rings is 1. The molecule has 0 amide bonds. The third-order valence-corrected chi connectivity index (χ3v) is 3.81. The number of alkyl halides is 9. The Hall–Kier alpha value is -3.18. The molecule has 3 aromatic rings. The summed E-state index contributed by atoms with van der Waals surface area (Å²) in [5, 5.41) is 2.32. The van der Waals surface area contributed by atoms with Crippen LogP contribution in [0.3, 0.4) is 0 Å². The lowest BCUT2D eigenvalue weighted by Gasteiger charge is -2.16. The van der Waals surface area contributed by atoms with Crippen LogP contribution in [0, 0.1) is 0 Å². The van der Waals surface area contributed by atoms with E-state index in [1.54, 1.807) is 0 Å². The van der Waals surface area contributed by atoms with E-state index >= 15 is 0 Å². The molecule has 2 aromatic carbocycles. The number of rotatable bonds is 3. The van der Waals surface area contributed by atoms with E-state index in [0.717, 1.165) is 24.3 Å². The summed E-state index contributed by atoms with van der Waals surface area (Å²) in [5.41, 5.74) is -3.56. The van der Waals surface area contributed by atoms with E-state index in [-0.39, 0.29) is 16.8 Å². The zero-order chi connectivity index (χ0) is 22.3. The second kappa shape index (κ2) is 7.26. The van der Waals surface area contributed by atoms with Crippen LogP contribution < -0.4 is 10.1 Å². The van der Waals surface area contributed by atoms with E-state index in [1.165, 1.54) is 6.07 Å². The second-order valence-corrected chi connectivity index (χ2v) is 5.95. The van der Waals surface area contributed by atoms with Crippen molar-refractivity contribution in [2.45, 2.75) is 18.7 Å². The Bertz CT molecular complexity index is 1050. The largest absolute Gasteiger partial charge is 0.573 e. The second-order valence-electron chi connectivity index (χ2n) is 5.95. The zero-order valence-corrected chi connectivity index (χ0v) is 14.4. The van der Waals surface area contributed by atoms with E-state index < -0.39 is 41.2 Å². The minimum Gasteiger partial charge on any atom is -0.403 e. The van der Waals surface area contributed by atoms with Crippen LogP contribution in [0.5, 0.6) is 5.75 Å². The van der Waals surface area contributed by atoms with Crippen molar-refractivity contribution in [1.82, 2.24) is 4.98 Å². The fraction of sp³-hybridized carbons (Fsp3) is 0.167. The highest BCUT2D eigenvalue weighted by Crippen LogP contribution is 2.39. The minimum atomic E-state index is -5.18. The number of aromatic nitrogens is 1. The highest BCUT2D eigenvalue weighted by Gasteiger charge is 2.36. The minimum absolute atomic E-state index is 0.0224. The van der Waals surface area contributed by atoms with Crippen molar-refractivity contribution in [3.05, 3.63) is 59.8 Å². The predicted octanol–water partition coefficient (Wildman–Crippen LogP) is 6.91. The first-order valence-electron chi connectivity index (χ1n) is 7.95. The van der Waals surface area contributed by atoms with Gasteiger partial charge in [-0.1, -0.05) is 12.1 Å². The molecule has 0 unspecified atom stereocenters. The van der Waals surface area contributed by atoms with Crippen LogP contribution in [-0.2, 0) is 12.4 Å². The van der Waals surface area contributed by atoms with Gasteiger partial charge in [0.1, 0.15) is 11.2 Å². The Kier molecular flexibility index (Phi) is 5.21. The molecule has 160 valence electrons. The number of para-hydroxylation sites is 1. The van der Waals surface area contributed by atoms with Crippen molar-refractivity contribution >= 4 is 22.3 Å². The third-order valence-electron chi connectivity index (χ3n) is 3.81. The van der Waals surface area contributed by atoms with Gasteiger partial charge in [-0.15, -0.1) is 13.2 Å². The zero-order valence-electron chi connectivity index (χ0n) is 14.4. The molecule has 0 bridgehead atoms. The maximum atomic E-state index is 13.2. The number of hydrogen-bond donors (Lipinski definition) is 1. The molecule has 0 spiro atoms. The predicted molar refractivity (Wildman–Crippen MR) is 88.2 cm³/mol. The van der Waals surface area contributed by atoms with Gasteiger partial charge in [-0.2, -0.15) is 26.3 Å². The molecule has 0 aliphatic carbocycles. The van der Waals surface area contributed by atoms with Gasteiger partial charge in [0.25, 0.3) is 0 Å². The SMILES string of the molecule is FC(F)(F)Oc1cccc2c(Nc3ccc(C(F)(F)F)cc3)cc(C(F)(F)F)nc12. The molecule has 0 saturated carbocycles. The summed E-state index contributed by atoms with van der Waals surface area (Å²) in [6, 6.07) is 6.98. The van der Waals surface area contributed by atoms with E-state index in [1.807, 2.05) is 0 Å². The van der Waals surface area contributed by atoms with Crippen LogP contribution in [0.4, 0.5) is 50.9 Å². The number of halogens is 9. The molecule has 0 atom stereocenters. The van der Waals surface area contributed by atoms with Gasteiger partial charge < -0.3 is 10.1 Å². The summed E-state index contributed by atoms with van der Waals surface area (Å²) in [6.07, 6.45) is -14.8. The number of ether oxygens (including phenoxy) is 1. The van der Waals surface area contributed by atoms with Crippen LogP contribution in [0.1, 0.15) is 11.3 Å². The first kappa shape index (κ1) is 21.5. The third kappa shape index (κ3) is 4.86. The van der Waals surface area contributed by atoms with Crippen molar-refractivity contribution in [2.75, 3.05) is 5.32 Å². The van der Waals surface area contributed by atoms with Gasteiger partial charge in [0.05, 0.1) is 11.3 Å². The summed E-state index contributed by atoms with van der Waals surface area (Å²) in [5.74, 6) is -0.957. The quantitative estimate of drug-likeness (QED) is 0.449. The number of anilines is 2. The summed E-state index contributed by atoms with van der Waals surface area (Å²) in [7, 11) is 0. The summed E-state index contributed by atoms with van der Waals surface area (Å²) in [4.78, 5) is 3.24. The van der Waals surface area contributed by atoms with Gasteiger partial charge in [0.2, 0.25) is 0 Å². The lowest BCUT2D eigenvalue weighted by Crippen LogP contribution is -2.18. The number of benzene rings is 2. The smallest absolute Gasteiger partial charge is 0.403 e. The Morgan fingerprint density at radius 1 is 0.767 bits per heavy atom. The molecule has 3 rings (SSSR count). The highest BCUT2D eigenvalue weighted by atomic mass is 19.4. The van der Waals surface area contributed by atoms with Crippen LogP contribution in [0.2, 0.25) is 0 Å². The number of nitrogens with one attached hydrogen (secondary N) is 1. The molecular formula is C18H9F9N2O. The highest BCUT2D eigenvalue weighted by molar-refractivity contribution is 5.96. The molecular weight excluding hydrogens is 431 g/mol. The van der Waals surface area contributed by atoms with Crippen LogP contribution in [-0.4, -0.2) is 11.3 Å². The lowest BCUT2D eigenvalue weighted by molar-refractivity contribution is -0.274. The molecule has 0 aliphatic heterocycles. The molecule has 0 fully saturated rings. The van der Waals surface area contributed by atoms with Gasteiger partial charge in [0, 0.05) is 11.1 Å². The fourth-order valence-corrected chi connectivity index (χ4v) is 2.58. The maximum absolute atomic E-state index is 13.2. The van der Waals surface area contributed by atoms with Crippen LogP contribution in [0.25, 0.3) is 10.9 Å². The van der Waals surface area contributed by atoms with Crippen molar-refractivity contribution in [3.63, 3.8) is 0 Å². The first-order chi connectivity index (χ1) is 13.7. The standard InChI is InChI=1S/C18H9F9N2O/c19-16(20,21)9-4-6-10(7-5-9)28-12-8-14(17(22,23)24)29-15-11(12)2-1-3-13(15)30-18(25,26)27/h1-8H,(H,28,29). The maximum Gasteiger partial charge on any atom is 0.573 e. The summed E-state index contributed by atoms with van der Waals surface area (Å²) >= 11 is 0. The number of fused-ring (bicyclic) bond motifs is 1. The van der Waals surface area contributed by atoms with Gasteiger partial charge in [-0.25, -0.2) is 4.98 Å². The molecule has 1 aromatic heterocycles. The lowest BCUT2D eigenvalue weighted by atomic mass is 10.1. The molecule has 1 N–H and O–H groups in total. The Morgan fingerprint density at radius 2 is 1.40 bits per heavy atom. The summed E-state index contributed by atoms with van der Waals surface area (Å²) < 4.78 is 119. The van der Waals surface area contributed by atoms with Crippen LogP contribution >= 0.6 is 0 Å². The Balaban J connectivity index is 2.12. The molecule has 0 aliphatic rings. The molecule has 0 saturated heterocycles. The molecule has 12 heteroatoms. The number of nitrogens with zero attached hydrogens (tertiary/aromatic N) is 1. The molecule has 30 heavy (non-hydrogen) atoms. The normalized spacial score (nSPS) is 12.8. The molecule has 3 nitrogen and oxygen atoms in total. The molecule has 0 radical (unpaired) electrons. The van der Waals surface area contributed by atoms with E-state index in [9.17, 15) is 39.5 Å². The van der Waals surface area contributed by atoms with Crippen LogP contribution in [0.15, 0.2) is 48.5 Å². The fourth-order valence-electron chi connectivity index (χ4n) is 2.58. The van der Waals surface area contributed by atoms with E-state index in [0.29, 0.717) is 18.2 Å². The Morgan fingerprint density at radius 3 is 1.93 bits per heavy atom. The number of hydrogen-bond acceptors (Lipinski definition) is 3. The van der Waals surface area contributed by atoms with Crippen molar-refractivity contribution in [2.24, 2.45) is 0 Å². The van der Waals surface area contributed by atoms with Crippen molar-refractivity contribution < 1.29 is 44.3 Å². The van der Waals surface area contributed by atoms with Crippen molar-refractivity contribution in [1.29, 1.82) is 0 Å². The van der Waals surface area contributed by atoms with E-state index in [2.05, 4.69) is 15.0 Å². The Labute approximate surface area is 162 Å². The van der Waals surface area contributed by atoms with Gasteiger partial charge in [-0.05, 0) is 36.4 Å².